The van der Waals surface area contributed by atoms with Crippen LogP contribution < -0.4 is 5.36 Å². The van der Waals surface area contributed by atoms with E-state index in [0.717, 1.165) is 5.69 Å². The number of hydrogen-bond donors (Lipinski definition) is 0. The number of halogens is 1. The topological polar surface area (TPSA) is 47.2 Å². The Morgan fingerprint density at radius 3 is 2.14 bits per heavy atom. The average molecular weight is 312 g/mol. The van der Waals surface area contributed by atoms with Crippen molar-refractivity contribution in [3.8, 4) is 5.69 Å². The van der Waals surface area contributed by atoms with E-state index in [4.69, 9.17) is 0 Å². The maximum atomic E-state index is 12.0. The molecule has 0 atom stereocenters. The van der Waals surface area contributed by atoms with E-state index >= 15 is 0 Å². The Morgan fingerprint density at radius 1 is 0.909 bits per heavy atom. The molecule has 0 N–H and O–H groups in total. The third-order valence-electron chi connectivity index (χ3n) is 2.97. The molecule has 0 saturated heterocycles. The molecule has 22 heavy (non-hydrogen) atoms. The summed E-state index contributed by atoms with van der Waals surface area (Å²) in [6, 6.07) is 20.5. The molecular weight excluding hydrogens is 298 g/mol. The van der Waals surface area contributed by atoms with E-state index in [9.17, 15) is 4.79 Å². The Balaban J connectivity index is 0.00000176. The lowest BCUT2D eigenvalue weighted by molar-refractivity contribution is 0.0998. The van der Waals surface area contributed by atoms with E-state index < -0.39 is 0 Å². The van der Waals surface area contributed by atoms with Crippen LogP contribution in [0.5, 0.6) is 0 Å². The summed E-state index contributed by atoms with van der Waals surface area (Å²) in [5.74, 6) is -0.269. The SMILES string of the molecule is Cl.O=C(/N=c1\ccn(-c2ccccc2)nc1)c1ccccc1. The molecule has 3 aromatic rings. The third-order valence-corrected chi connectivity index (χ3v) is 2.97. The molecule has 0 aliphatic rings. The van der Waals surface area contributed by atoms with Gasteiger partial charge in [0.1, 0.15) is 0 Å². The summed E-state index contributed by atoms with van der Waals surface area (Å²) in [6.07, 6.45) is 3.36. The first-order chi connectivity index (χ1) is 10.3. The van der Waals surface area contributed by atoms with E-state index in [1.807, 2.05) is 48.5 Å². The maximum absolute atomic E-state index is 12.0. The van der Waals surface area contributed by atoms with Crippen LogP contribution in [-0.4, -0.2) is 15.7 Å². The van der Waals surface area contributed by atoms with Crippen LogP contribution in [0, 0.1) is 0 Å². The van der Waals surface area contributed by atoms with Gasteiger partial charge in [0.05, 0.1) is 17.2 Å². The summed E-state index contributed by atoms with van der Waals surface area (Å²) >= 11 is 0. The van der Waals surface area contributed by atoms with Crippen LogP contribution in [0.1, 0.15) is 10.4 Å². The summed E-state index contributed by atoms with van der Waals surface area (Å²) in [7, 11) is 0. The number of amides is 1. The highest BCUT2D eigenvalue weighted by molar-refractivity contribution is 5.94. The second kappa shape index (κ2) is 7.33. The molecule has 0 saturated carbocycles. The number of para-hydroxylation sites is 1. The Bertz CT molecular complexity index is 794. The van der Waals surface area contributed by atoms with Crippen molar-refractivity contribution in [2.75, 3.05) is 0 Å². The Kier molecular flexibility index (Phi) is 5.22. The van der Waals surface area contributed by atoms with Crippen LogP contribution in [0.4, 0.5) is 0 Å². The van der Waals surface area contributed by atoms with Crippen molar-refractivity contribution in [1.82, 2.24) is 9.78 Å². The average Bonchev–Trinajstić information content (AvgIpc) is 2.57. The summed E-state index contributed by atoms with van der Waals surface area (Å²) in [4.78, 5) is 16.0. The first-order valence-electron chi connectivity index (χ1n) is 6.57. The normalized spacial score (nSPS) is 10.8. The Morgan fingerprint density at radius 2 is 1.55 bits per heavy atom. The van der Waals surface area contributed by atoms with Crippen molar-refractivity contribution in [3.05, 3.63) is 90.0 Å². The van der Waals surface area contributed by atoms with Crippen molar-refractivity contribution in [1.29, 1.82) is 0 Å². The fourth-order valence-electron chi connectivity index (χ4n) is 1.91. The highest BCUT2D eigenvalue weighted by Gasteiger charge is 2.01. The zero-order chi connectivity index (χ0) is 14.5. The van der Waals surface area contributed by atoms with Crippen molar-refractivity contribution < 1.29 is 4.79 Å². The van der Waals surface area contributed by atoms with Crippen LogP contribution in [0.25, 0.3) is 5.69 Å². The number of nitrogens with zero attached hydrogens (tertiary/aromatic N) is 3. The molecule has 1 heterocycles. The van der Waals surface area contributed by atoms with Gasteiger partial charge >= 0.3 is 0 Å². The largest absolute Gasteiger partial charge is 0.277 e. The quantitative estimate of drug-likeness (QED) is 0.730. The number of hydrogen-bond acceptors (Lipinski definition) is 2. The zero-order valence-corrected chi connectivity index (χ0v) is 12.5. The molecule has 0 radical (unpaired) electrons. The molecule has 1 amide bonds. The van der Waals surface area contributed by atoms with Gasteiger partial charge in [0, 0.05) is 11.8 Å². The summed E-state index contributed by atoms with van der Waals surface area (Å²) in [6.45, 7) is 0. The number of carbonyl (C=O) groups excluding carboxylic acids is 1. The van der Waals surface area contributed by atoms with E-state index in [1.165, 1.54) is 0 Å². The molecule has 0 bridgehead atoms. The third kappa shape index (κ3) is 3.68. The lowest BCUT2D eigenvalue weighted by atomic mass is 10.2. The number of benzene rings is 2. The van der Waals surface area contributed by atoms with Crippen LogP contribution in [0.3, 0.4) is 0 Å². The highest BCUT2D eigenvalue weighted by Crippen LogP contribution is 2.03. The first-order valence-corrected chi connectivity index (χ1v) is 6.57. The van der Waals surface area contributed by atoms with Gasteiger partial charge in [-0.2, -0.15) is 5.10 Å². The molecular formula is C17H14ClN3O. The minimum atomic E-state index is -0.269. The van der Waals surface area contributed by atoms with Crippen LogP contribution in [-0.2, 0) is 0 Å². The van der Waals surface area contributed by atoms with Gasteiger partial charge in [0.15, 0.2) is 0 Å². The highest BCUT2D eigenvalue weighted by atomic mass is 35.5. The predicted molar refractivity (Wildman–Crippen MR) is 87.1 cm³/mol. The number of carbonyl (C=O) groups is 1. The molecule has 0 spiro atoms. The monoisotopic (exact) mass is 311 g/mol. The lowest BCUT2D eigenvalue weighted by Crippen LogP contribution is -2.11. The molecule has 0 aliphatic carbocycles. The first kappa shape index (κ1) is 15.7. The van der Waals surface area contributed by atoms with Gasteiger partial charge in [0.2, 0.25) is 0 Å². The fraction of sp³-hybridized carbons (Fsp3) is 0. The zero-order valence-electron chi connectivity index (χ0n) is 11.7. The molecule has 5 heteroatoms. The molecule has 0 fully saturated rings. The number of rotatable bonds is 2. The van der Waals surface area contributed by atoms with Gasteiger partial charge < -0.3 is 0 Å². The van der Waals surface area contributed by atoms with Gasteiger partial charge in [0.25, 0.3) is 5.91 Å². The van der Waals surface area contributed by atoms with E-state index in [-0.39, 0.29) is 18.3 Å². The predicted octanol–water partition coefficient (Wildman–Crippen LogP) is 3.04. The summed E-state index contributed by atoms with van der Waals surface area (Å²) < 4.78 is 1.73. The summed E-state index contributed by atoms with van der Waals surface area (Å²) in [5.41, 5.74) is 1.52. The van der Waals surface area contributed by atoms with Crippen LogP contribution in [0.2, 0.25) is 0 Å². The summed E-state index contributed by atoms with van der Waals surface area (Å²) in [5, 5.41) is 4.80. The van der Waals surface area contributed by atoms with E-state index in [0.29, 0.717) is 10.9 Å². The molecule has 0 unspecified atom stereocenters. The maximum Gasteiger partial charge on any atom is 0.277 e. The van der Waals surface area contributed by atoms with Crippen LogP contribution in [0.15, 0.2) is 84.1 Å². The molecule has 2 aromatic carbocycles. The van der Waals surface area contributed by atoms with Crippen molar-refractivity contribution in [2.45, 2.75) is 0 Å². The van der Waals surface area contributed by atoms with Gasteiger partial charge in [-0.1, -0.05) is 36.4 Å². The minimum Gasteiger partial charge on any atom is -0.267 e. The molecule has 3 rings (SSSR count). The number of aromatic nitrogens is 2. The smallest absolute Gasteiger partial charge is 0.267 e. The fourth-order valence-corrected chi connectivity index (χ4v) is 1.91. The Labute approximate surface area is 134 Å². The van der Waals surface area contributed by atoms with Gasteiger partial charge in [-0.25, -0.2) is 9.67 Å². The van der Waals surface area contributed by atoms with Crippen LogP contribution >= 0.6 is 12.4 Å². The second-order valence-electron chi connectivity index (χ2n) is 4.45. The molecule has 0 aliphatic heterocycles. The molecule has 110 valence electrons. The van der Waals surface area contributed by atoms with Crippen molar-refractivity contribution in [3.63, 3.8) is 0 Å². The van der Waals surface area contributed by atoms with Gasteiger partial charge in [-0.3, -0.25) is 4.79 Å². The molecule has 1 aromatic heterocycles. The lowest BCUT2D eigenvalue weighted by Gasteiger charge is -2.03. The Hall–Kier alpha value is -2.72. The van der Waals surface area contributed by atoms with Crippen molar-refractivity contribution >= 4 is 18.3 Å². The standard InChI is InChI=1S/C17H13N3O.ClH/c21-17(14-7-3-1-4-8-14)19-15-11-12-20(18-13-15)16-9-5-2-6-10-16;/h1-13H;1H/b19-15+;. The van der Waals surface area contributed by atoms with Crippen molar-refractivity contribution in [2.24, 2.45) is 4.99 Å². The second-order valence-corrected chi connectivity index (χ2v) is 4.45. The van der Waals surface area contributed by atoms with E-state index in [2.05, 4.69) is 10.1 Å². The van der Waals surface area contributed by atoms with Gasteiger partial charge in [-0.15, -0.1) is 12.4 Å². The molecule has 4 nitrogen and oxygen atoms in total. The minimum absolute atomic E-state index is 0. The van der Waals surface area contributed by atoms with Gasteiger partial charge in [-0.05, 0) is 30.3 Å². The van der Waals surface area contributed by atoms with E-state index in [1.54, 1.807) is 35.3 Å².